The van der Waals surface area contributed by atoms with E-state index >= 15 is 0 Å². The number of rotatable bonds is 2. The van der Waals surface area contributed by atoms with Crippen molar-refractivity contribution in [2.45, 2.75) is 26.8 Å². The zero-order chi connectivity index (χ0) is 11.8. The first-order valence-electron chi connectivity index (χ1n) is 6.24. The molecule has 0 amide bonds. The molecule has 1 saturated heterocycles. The molecule has 1 fully saturated rings. The number of aromatic nitrogens is 2. The second-order valence-corrected chi connectivity index (χ2v) is 5.05. The molecule has 0 aliphatic carbocycles. The Hall–Kier alpha value is -1.35. The van der Waals surface area contributed by atoms with Gasteiger partial charge >= 0.3 is 0 Å². The summed E-state index contributed by atoms with van der Waals surface area (Å²) in [5, 5.41) is 0. The molecule has 0 bridgehead atoms. The predicted octanol–water partition coefficient (Wildman–Crippen LogP) is 2.69. The van der Waals surface area contributed by atoms with E-state index < -0.39 is 0 Å². The summed E-state index contributed by atoms with van der Waals surface area (Å²) in [6.07, 6.45) is 3.13. The number of hydrogen-bond donors (Lipinski definition) is 0. The van der Waals surface area contributed by atoms with E-state index in [4.69, 9.17) is 4.74 Å². The average molecular weight is 230 g/mol. The van der Waals surface area contributed by atoms with E-state index in [1.165, 1.54) is 23.1 Å². The third-order valence-electron chi connectivity index (χ3n) is 3.72. The number of benzene rings is 1. The molecule has 0 spiro atoms. The van der Waals surface area contributed by atoms with Gasteiger partial charge in [-0.25, -0.2) is 4.98 Å². The van der Waals surface area contributed by atoms with Gasteiger partial charge in [0.2, 0.25) is 0 Å². The van der Waals surface area contributed by atoms with Crippen molar-refractivity contribution in [2.75, 3.05) is 13.2 Å². The summed E-state index contributed by atoms with van der Waals surface area (Å²) in [4.78, 5) is 4.48. The van der Waals surface area contributed by atoms with E-state index in [1.54, 1.807) is 0 Å². The molecule has 2 heterocycles. The Morgan fingerprint density at radius 1 is 1.35 bits per heavy atom. The minimum absolute atomic E-state index is 0.647. The molecule has 1 aliphatic heterocycles. The van der Waals surface area contributed by atoms with Gasteiger partial charge in [0.15, 0.2) is 0 Å². The van der Waals surface area contributed by atoms with E-state index in [9.17, 15) is 0 Å². The number of ether oxygens (including phenoxy) is 1. The summed E-state index contributed by atoms with van der Waals surface area (Å²) in [6, 6.07) is 4.42. The summed E-state index contributed by atoms with van der Waals surface area (Å²) in [7, 11) is 0. The van der Waals surface area contributed by atoms with Gasteiger partial charge in [-0.3, -0.25) is 0 Å². The molecule has 0 N–H and O–H groups in total. The van der Waals surface area contributed by atoms with Gasteiger partial charge in [0.1, 0.15) is 0 Å². The van der Waals surface area contributed by atoms with Crippen LogP contribution in [-0.2, 0) is 11.3 Å². The molecule has 0 saturated carbocycles. The van der Waals surface area contributed by atoms with Crippen molar-refractivity contribution in [3.63, 3.8) is 0 Å². The van der Waals surface area contributed by atoms with Gasteiger partial charge in [-0.05, 0) is 43.5 Å². The Kier molecular flexibility index (Phi) is 2.63. The van der Waals surface area contributed by atoms with Gasteiger partial charge in [0.05, 0.1) is 24.0 Å². The number of fused-ring (bicyclic) bond motifs is 1. The van der Waals surface area contributed by atoms with E-state index in [0.717, 1.165) is 25.3 Å². The Bertz CT molecular complexity index is 538. The molecule has 3 heteroatoms. The van der Waals surface area contributed by atoms with E-state index in [2.05, 4.69) is 35.5 Å². The van der Waals surface area contributed by atoms with E-state index in [0.29, 0.717) is 5.92 Å². The third kappa shape index (κ3) is 1.95. The molecule has 3 nitrogen and oxygen atoms in total. The summed E-state index contributed by atoms with van der Waals surface area (Å²) in [5.41, 5.74) is 5.00. The van der Waals surface area contributed by atoms with Crippen molar-refractivity contribution in [1.82, 2.24) is 9.55 Å². The minimum Gasteiger partial charge on any atom is -0.381 e. The maximum atomic E-state index is 5.43. The van der Waals surface area contributed by atoms with Crippen molar-refractivity contribution in [2.24, 2.45) is 5.92 Å². The molecular formula is C14H18N2O. The van der Waals surface area contributed by atoms with Gasteiger partial charge in [-0.15, -0.1) is 0 Å². The maximum absolute atomic E-state index is 5.43. The Morgan fingerprint density at radius 3 is 2.94 bits per heavy atom. The monoisotopic (exact) mass is 230 g/mol. The maximum Gasteiger partial charge on any atom is 0.0958 e. The molecule has 2 aromatic rings. The summed E-state index contributed by atoms with van der Waals surface area (Å²) in [5.74, 6) is 0.647. The average Bonchev–Trinajstić information content (AvgIpc) is 2.92. The third-order valence-corrected chi connectivity index (χ3v) is 3.72. The zero-order valence-corrected chi connectivity index (χ0v) is 10.4. The van der Waals surface area contributed by atoms with Crippen LogP contribution in [0.5, 0.6) is 0 Å². The minimum atomic E-state index is 0.647. The molecule has 1 aliphatic rings. The molecule has 0 radical (unpaired) electrons. The Balaban J connectivity index is 1.96. The van der Waals surface area contributed by atoms with Crippen LogP contribution in [0.2, 0.25) is 0 Å². The standard InChI is InChI=1S/C14H18N2O/c1-10-5-13-14(6-11(10)2)16(9-15-13)7-12-3-4-17-8-12/h5-6,9,12H,3-4,7-8H2,1-2H3. The highest BCUT2D eigenvalue weighted by Gasteiger charge is 2.17. The van der Waals surface area contributed by atoms with Crippen LogP contribution in [0.25, 0.3) is 11.0 Å². The topological polar surface area (TPSA) is 27.1 Å². The van der Waals surface area contributed by atoms with Crippen LogP contribution in [0.4, 0.5) is 0 Å². The SMILES string of the molecule is Cc1cc2ncn(CC3CCOC3)c2cc1C. The summed E-state index contributed by atoms with van der Waals surface area (Å²) >= 11 is 0. The van der Waals surface area contributed by atoms with Crippen molar-refractivity contribution in [3.8, 4) is 0 Å². The van der Waals surface area contributed by atoms with Crippen LogP contribution in [0, 0.1) is 19.8 Å². The molecular weight excluding hydrogens is 212 g/mol. The van der Waals surface area contributed by atoms with Gasteiger partial charge in [0.25, 0.3) is 0 Å². The van der Waals surface area contributed by atoms with Crippen molar-refractivity contribution in [3.05, 3.63) is 29.6 Å². The fraction of sp³-hybridized carbons (Fsp3) is 0.500. The first kappa shape index (κ1) is 10.8. The quantitative estimate of drug-likeness (QED) is 0.793. The molecule has 1 aromatic heterocycles. The molecule has 1 unspecified atom stereocenters. The fourth-order valence-corrected chi connectivity index (χ4v) is 2.46. The van der Waals surface area contributed by atoms with Crippen molar-refractivity contribution < 1.29 is 4.74 Å². The lowest BCUT2D eigenvalue weighted by Gasteiger charge is -2.10. The van der Waals surface area contributed by atoms with Crippen LogP contribution in [0.15, 0.2) is 18.5 Å². The molecule has 1 atom stereocenters. The smallest absolute Gasteiger partial charge is 0.0958 e. The molecule has 17 heavy (non-hydrogen) atoms. The van der Waals surface area contributed by atoms with Gasteiger partial charge in [-0.2, -0.15) is 0 Å². The van der Waals surface area contributed by atoms with E-state index in [1.807, 2.05) is 6.33 Å². The number of aryl methyl sites for hydroxylation is 2. The fourth-order valence-electron chi connectivity index (χ4n) is 2.46. The summed E-state index contributed by atoms with van der Waals surface area (Å²) < 4.78 is 7.69. The largest absolute Gasteiger partial charge is 0.381 e. The second kappa shape index (κ2) is 4.15. The lowest BCUT2D eigenvalue weighted by atomic mass is 10.1. The van der Waals surface area contributed by atoms with Crippen LogP contribution < -0.4 is 0 Å². The first-order valence-corrected chi connectivity index (χ1v) is 6.24. The number of nitrogens with zero attached hydrogens (tertiary/aromatic N) is 2. The molecule has 90 valence electrons. The molecule has 1 aromatic carbocycles. The van der Waals surface area contributed by atoms with Crippen molar-refractivity contribution >= 4 is 11.0 Å². The number of hydrogen-bond acceptors (Lipinski definition) is 2. The Labute approximate surface area is 101 Å². The summed E-state index contributed by atoms with van der Waals surface area (Å²) in [6.45, 7) is 7.13. The van der Waals surface area contributed by atoms with Crippen LogP contribution in [0.1, 0.15) is 17.5 Å². The lowest BCUT2D eigenvalue weighted by molar-refractivity contribution is 0.182. The zero-order valence-electron chi connectivity index (χ0n) is 10.4. The Morgan fingerprint density at radius 2 is 2.18 bits per heavy atom. The van der Waals surface area contributed by atoms with Crippen LogP contribution in [-0.4, -0.2) is 22.8 Å². The van der Waals surface area contributed by atoms with Gasteiger partial charge in [0, 0.05) is 19.1 Å². The van der Waals surface area contributed by atoms with E-state index in [-0.39, 0.29) is 0 Å². The van der Waals surface area contributed by atoms with Gasteiger partial charge in [-0.1, -0.05) is 0 Å². The highest BCUT2D eigenvalue weighted by atomic mass is 16.5. The first-order chi connectivity index (χ1) is 8.24. The van der Waals surface area contributed by atoms with Gasteiger partial charge < -0.3 is 9.30 Å². The van der Waals surface area contributed by atoms with Crippen LogP contribution in [0.3, 0.4) is 0 Å². The number of imidazole rings is 1. The van der Waals surface area contributed by atoms with Crippen molar-refractivity contribution in [1.29, 1.82) is 0 Å². The predicted molar refractivity (Wildman–Crippen MR) is 68.1 cm³/mol. The lowest BCUT2D eigenvalue weighted by Crippen LogP contribution is -2.09. The highest BCUT2D eigenvalue weighted by Crippen LogP contribution is 2.21. The van der Waals surface area contributed by atoms with Crippen LogP contribution >= 0.6 is 0 Å². The molecule has 3 rings (SSSR count). The second-order valence-electron chi connectivity index (χ2n) is 5.05. The highest BCUT2D eigenvalue weighted by molar-refractivity contribution is 5.77. The normalized spacial score (nSPS) is 20.2.